The van der Waals surface area contributed by atoms with Gasteiger partial charge in [-0.3, -0.25) is 4.79 Å². The SMILES string of the molecule is CC(C)OC[C@@H]1C[C@H]1C(=O)OCCn1ccnc1. The molecule has 18 heavy (non-hydrogen) atoms. The first-order chi connectivity index (χ1) is 8.66. The predicted octanol–water partition coefficient (Wildman–Crippen LogP) is 1.49. The zero-order chi connectivity index (χ0) is 13.0. The maximum absolute atomic E-state index is 11.7. The quantitative estimate of drug-likeness (QED) is 0.690. The Kier molecular flexibility index (Phi) is 4.36. The van der Waals surface area contributed by atoms with Crippen LogP contribution < -0.4 is 0 Å². The van der Waals surface area contributed by atoms with Crippen molar-refractivity contribution < 1.29 is 14.3 Å². The number of hydrogen-bond acceptors (Lipinski definition) is 4. The number of carbonyl (C=O) groups is 1. The third kappa shape index (κ3) is 3.84. The van der Waals surface area contributed by atoms with Gasteiger partial charge in [0.05, 0.1) is 31.5 Å². The van der Waals surface area contributed by atoms with E-state index in [0.717, 1.165) is 6.42 Å². The van der Waals surface area contributed by atoms with Crippen LogP contribution in [0.2, 0.25) is 0 Å². The van der Waals surface area contributed by atoms with E-state index < -0.39 is 0 Å². The Hall–Kier alpha value is -1.36. The molecule has 0 aliphatic heterocycles. The molecule has 0 bridgehead atoms. The summed E-state index contributed by atoms with van der Waals surface area (Å²) in [5, 5.41) is 0. The molecule has 1 aliphatic carbocycles. The molecule has 2 atom stereocenters. The van der Waals surface area contributed by atoms with Crippen LogP contribution in [0.3, 0.4) is 0 Å². The highest BCUT2D eigenvalue weighted by Gasteiger charge is 2.44. The van der Waals surface area contributed by atoms with Crippen molar-refractivity contribution in [3.63, 3.8) is 0 Å². The molecule has 1 aromatic heterocycles. The van der Waals surface area contributed by atoms with Crippen LogP contribution in [0.25, 0.3) is 0 Å². The van der Waals surface area contributed by atoms with E-state index >= 15 is 0 Å². The molecule has 2 rings (SSSR count). The van der Waals surface area contributed by atoms with Crippen LogP contribution in [-0.2, 0) is 20.8 Å². The molecule has 5 nitrogen and oxygen atoms in total. The monoisotopic (exact) mass is 252 g/mol. The molecule has 0 saturated heterocycles. The van der Waals surface area contributed by atoms with Gasteiger partial charge >= 0.3 is 5.97 Å². The van der Waals surface area contributed by atoms with Crippen LogP contribution in [0.4, 0.5) is 0 Å². The lowest BCUT2D eigenvalue weighted by atomic mass is 10.3. The van der Waals surface area contributed by atoms with Crippen molar-refractivity contribution in [2.75, 3.05) is 13.2 Å². The van der Waals surface area contributed by atoms with Crippen LogP contribution in [0, 0.1) is 11.8 Å². The molecule has 1 fully saturated rings. The van der Waals surface area contributed by atoms with Gasteiger partial charge in [-0.15, -0.1) is 0 Å². The first-order valence-electron chi connectivity index (χ1n) is 6.41. The number of hydrogen-bond donors (Lipinski definition) is 0. The fourth-order valence-electron chi connectivity index (χ4n) is 1.81. The number of ether oxygens (including phenoxy) is 2. The second-order valence-corrected chi connectivity index (χ2v) is 4.95. The smallest absolute Gasteiger partial charge is 0.309 e. The molecule has 0 radical (unpaired) electrons. The third-order valence-electron chi connectivity index (χ3n) is 3.02. The normalized spacial score (nSPS) is 22.2. The molecule has 0 unspecified atom stereocenters. The number of imidazole rings is 1. The lowest BCUT2D eigenvalue weighted by Crippen LogP contribution is -2.14. The Morgan fingerprint density at radius 1 is 1.56 bits per heavy atom. The van der Waals surface area contributed by atoms with Crippen LogP contribution in [0.5, 0.6) is 0 Å². The molecule has 0 aromatic carbocycles. The average Bonchev–Trinajstić information content (AvgIpc) is 2.94. The summed E-state index contributed by atoms with van der Waals surface area (Å²) >= 11 is 0. The summed E-state index contributed by atoms with van der Waals surface area (Å²) in [6.07, 6.45) is 6.40. The van der Waals surface area contributed by atoms with Gasteiger partial charge in [-0.25, -0.2) is 4.98 Å². The van der Waals surface area contributed by atoms with Gasteiger partial charge < -0.3 is 14.0 Å². The summed E-state index contributed by atoms with van der Waals surface area (Å²) in [4.78, 5) is 15.6. The van der Waals surface area contributed by atoms with E-state index in [0.29, 0.717) is 25.7 Å². The van der Waals surface area contributed by atoms with Crippen molar-refractivity contribution in [2.45, 2.75) is 32.9 Å². The maximum Gasteiger partial charge on any atom is 0.309 e. The van der Waals surface area contributed by atoms with Crippen LogP contribution in [0.15, 0.2) is 18.7 Å². The van der Waals surface area contributed by atoms with Crippen molar-refractivity contribution in [1.29, 1.82) is 0 Å². The molecule has 5 heteroatoms. The van der Waals surface area contributed by atoms with Crippen molar-refractivity contribution in [3.8, 4) is 0 Å². The van der Waals surface area contributed by atoms with Crippen molar-refractivity contribution >= 4 is 5.97 Å². The first-order valence-corrected chi connectivity index (χ1v) is 6.41. The Bertz CT molecular complexity index is 376. The number of aromatic nitrogens is 2. The van der Waals surface area contributed by atoms with Crippen LogP contribution >= 0.6 is 0 Å². The average molecular weight is 252 g/mol. The predicted molar refractivity (Wildman–Crippen MR) is 65.9 cm³/mol. The summed E-state index contributed by atoms with van der Waals surface area (Å²) in [7, 11) is 0. The Morgan fingerprint density at radius 3 is 3.06 bits per heavy atom. The van der Waals surface area contributed by atoms with E-state index in [2.05, 4.69) is 4.98 Å². The molecule has 1 saturated carbocycles. The van der Waals surface area contributed by atoms with Gasteiger partial charge in [-0.1, -0.05) is 0 Å². The number of carbonyl (C=O) groups excluding carboxylic acids is 1. The van der Waals surface area contributed by atoms with Crippen molar-refractivity contribution in [2.24, 2.45) is 11.8 Å². The Balaban J connectivity index is 1.59. The van der Waals surface area contributed by atoms with E-state index in [9.17, 15) is 4.79 Å². The lowest BCUT2D eigenvalue weighted by molar-refractivity contribution is -0.146. The van der Waals surface area contributed by atoms with Crippen LogP contribution in [-0.4, -0.2) is 34.8 Å². The minimum Gasteiger partial charge on any atom is -0.464 e. The van der Waals surface area contributed by atoms with E-state index in [1.165, 1.54) is 0 Å². The van der Waals surface area contributed by atoms with Gasteiger partial charge in [-0.05, 0) is 26.2 Å². The van der Waals surface area contributed by atoms with Gasteiger partial charge in [0.1, 0.15) is 6.61 Å². The summed E-state index contributed by atoms with van der Waals surface area (Å²) in [5.74, 6) is 0.312. The van der Waals surface area contributed by atoms with Gasteiger partial charge in [0, 0.05) is 12.4 Å². The van der Waals surface area contributed by atoms with Gasteiger partial charge in [-0.2, -0.15) is 0 Å². The minimum atomic E-state index is -0.0903. The third-order valence-corrected chi connectivity index (χ3v) is 3.02. The topological polar surface area (TPSA) is 53.4 Å². The van der Waals surface area contributed by atoms with Crippen molar-refractivity contribution in [3.05, 3.63) is 18.7 Å². The van der Waals surface area contributed by atoms with Gasteiger partial charge in [0.2, 0.25) is 0 Å². The second-order valence-electron chi connectivity index (χ2n) is 4.95. The molecule has 1 aliphatic rings. The summed E-state index contributed by atoms with van der Waals surface area (Å²) < 4.78 is 12.6. The van der Waals surface area contributed by atoms with E-state index in [1.54, 1.807) is 12.5 Å². The van der Waals surface area contributed by atoms with Gasteiger partial charge in [0.25, 0.3) is 0 Å². The summed E-state index contributed by atoms with van der Waals surface area (Å²) in [6.45, 7) is 5.73. The summed E-state index contributed by atoms with van der Waals surface area (Å²) in [5.41, 5.74) is 0. The van der Waals surface area contributed by atoms with Gasteiger partial charge in [0.15, 0.2) is 0 Å². The molecule has 1 aromatic rings. The fraction of sp³-hybridized carbons (Fsp3) is 0.692. The zero-order valence-corrected chi connectivity index (χ0v) is 10.9. The Morgan fingerprint density at radius 2 is 2.39 bits per heavy atom. The van der Waals surface area contributed by atoms with E-state index in [1.807, 2.05) is 24.6 Å². The number of rotatable bonds is 7. The molecule has 0 amide bonds. The highest BCUT2D eigenvalue weighted by Crippen LogP contribution is 2.39. The molecule has 100 valence electrons. The molecule has 0 spiro atoms. The second kappa shape index (κ2) is 6.00. The lowest BCUT2D eigenvalue weighted by Gasteiger charge is -2.07. The molecule has 0 N–H and O–H groups in total. The van der Waals surface area contributed by atoms with E-state index in [-0.39, 0.29) is 18.0 Å². The van der Waals surface area contributed by atoms with Crippen LogP contribution in [0.1, 0.15) is 20.3 Å². The molecule has 1 heterocycles. The fourth-order valence-corrected chi connectivity index (χ4v) is 1.81. The van der Waals surface area contributed by atoms with E-state index in [4.69, 9.17) is 9.47 Å². The minimum absolute atomic E-state index is 0.0477. The summed E-state index contributed by atoms with van der Waals surface area (Å²) in [6, 6.07) is 0. The standard InChI is InChI=1S/C13H20N2O3/c1-10(2)18-8-11-7-12(11)13(16)17-6-5-15-4-3-14-9-15/h3-4,9-12H,5-8H2,1-2H3/t11-,12+/m0/s1. The highest BCUT2D eigenvalue weighted by atomic mass is 16.5. The zero-order valence-electron chi connectivity index (χ0n) is 10.9. The highest BCUT2D eigenvalue weighted by molar-refractivity contribution is 5.75. The largest absolute Gasteiger partial charge is 0.464 e. The number of nitrogens with zero attached hydrogens (tertiary/aromatic N) is 2. The number of esters is 1. The first kappa shape index (κ1) is 13.1. The molecular weight excluding hydrogens is 232 g/mol. The maximum atomic E-state index is 11.7. The molecular formula is C13H20N2O3. The Labute approximate surface area is 107 Å². The van der Waals surface area contributed by atoms with Crippen molar-refractivity contribution in [1.82, 2.24) is 9.55 Å².